The fourth-order valence-electron chi connectivity index (χ4n) is 1.67. The van der Waals surface area contributed by atoms with E-state index in [2.05, 4.69) is 5.32 Å². The van der Waals surface area contributed by atoms with Crippen LogP contribution in [0.3, 0.4) is 0 Å². The lowest BCUT2D eigenvalue weighted by Crippen LogP contribution is -2.33. The van der Waals surface area contributed by atoms with Gasteiger partial charge in [0.1, 0.15) is 5.75 Å². The van der Waals surface area contributed by atoms with E-state index >= 15 is 0 Å². The second-order valence-electron chi connectivity index (χ2n) is 4.28. The Labute approximate surface area is 112 Å². The van der Waals surface area contributed by atoms with Gasteiger partial charge in [-0.3, -0.25) is 9.59 Å². The van der Waals surface area contributed by atoms with E-state index in [-0.39, 0.29) is 18.9 Å². The molecule has 0 saturated carbocycles. The molecule has 104 valence electrons. The zero-order valence-electron chi connectivity index (χ0n) is 11.2. The number of carbonyl (C=O) groups excluding carboxylic acids is 1. The maximum Gasteiger partial charge on any atom is 0.308 e. The molecule has 0 fully saturated rings. The molecular formula is C14H19NO4. The fourth-order valence-corrected chi connectivity index (χ4v) is 1.67. The molecule has 0 saturated heterocycles. The van der Waals surface area contributed by atoms with E-state index in [9.17, 15) is 9.59 Å². The highest BCUT2D eigenvalue weighted by Crippen LogP contribution is 2.12. The van der Waals surface area contributed by atoms with Crippen molar-refractivity contribution in [2.24, 2.45) is 5.92 Å². The van der Waals surface area contributed by atoms with E-state index in [1.807, 2.05) is 12.1 Å². The van der Waals surface area contributed by atoms with Gasteiger partial charge in [-0.2, -0.15) is 0 Å². The van der Waals surface area contributed by atoms with Crippen LogP contribution < -0.4 is 10.1 Å². The Hall–Kier alpha value is -2.04. The molecule has 0 aliphatic rings. The average molecular weight is 265 g/mol. The molecule has 1 rings (SSSR count). The largest absolute Gasteiger partial charge is 0.497 e. The monoisotopic (exact) mass is 265 g/mol. The Morgan fingerprint density at radius 1 is 1.42 bits per heavy atom. The molecule has 1 unspecified atom stereocenters. The number of rotatable bonds is 7. The molecule has 1 atom stereocenters. The van der Waals surface area contributed by atoms with Crippen LogP contribution in [-0.4, -0.2) is 30.6 Å². The van der Waals surface area contributed by atoms with Gasteiger partial charge in [-0.1, -0.05) is 19.1 Å². The van der Waals surface area contributed by atoms with Crippen molar-refractivity contribution in [2.45, 2.75) is 19.8 Å². The maximum atomic E-state index is 11.7. The summed E-state index contributed by atoms with van der Waals surface area (Å²) >= 11 is 0. The standard InChI is InChI=1S/C14H19NO4/c1-3-11(14(17)18)9-15-13(16)8-10-5-4-6-12(7-10)19-2/h4-7,11H,3,8-9H2,1-2H3,(H,15,16)(H,17,18). The van der Waals surface area contributed by atoms with Crippen molar-refractivity contribution in [1.82, 2.24) is 5.32 Å². The number of hydrogen-bond acceptors (Lipinski definition) is 3. The van der Waals surface area contributed by atoms with Gasteiger partial charge in [-0.25, -0.2) is 0 Å². The zero-order chi connectivity index (χ0) is 14.3. The third-order valence-electron chi connectivity index (χ3n) is 2.89. The van der Waals surface area contributed by atoms with Crippen LogP contribution in [0.4, 0.5) is 0 Å². The summed E-state index contributed by atoms with van der Waals surface area (Å²) in [5.74, 6) is -0.909. The van der Waals surface area contributed by atoms with E-state index in [4.69, 9.17) is 9.84 Å². The predicted octanol–water partition coefficient (Wildman–Crippen LogP) is 1.46. The first-order chi connectivity index (χ1) is 9.06. The summed E-state index contributed by atoms with van der Waals surface area (Å²) in [5, 5.41) is 11.5. The van der Waals surface area contributed by atoms with Crippen LogP contribution >= 0.6 is 0 Å². The van der Waals surface area contributed by atoms with Crippen molar-refractivity contribution >= 4 is 11.9 Å². The quantitative estimate of drug-likeness (QED) is 0.782. The minimum absolute atomic E-state index is 0.161. The van der Waals surface area contributed by atoms with Gasteiger partial charge in [-0.15, -0.1) is 0 Å². The van der Waals surface area contributed by atoms with Crippen LogP contribution in [0, 0.1) is 5.92 Å². The number of aliphatic carboxylic acids is 1. The van der Waals surface area contributed by atoms with E-state index < -0.39 is 11.9 Å². The number of ether oxygens (including phenoxy) is 1. The van der Waals surface area contributed by atoms with Gasteiger partial charge in [0.2, 0.25) is 5.91 Å². The van der Waals surface area contributed by atoms with Gasteiger partial charge in [0.15, 0.2) is 0 Å². The predicted molar refractivity (Wildman–Crippen MR) is 71.1 cm³/mol. The van der Waals surface area contributed by atoms with Gasteiger partial charge in [0.25, 0.3) is 0 Å². The Morgan fingerprint density at radius 2 is 2.16 bits per heavy atom. The lowest BCUT2D eigenvalue weighted by Gasteiger charge is -2.11. The number of carboxylic acids is 1. The minimum Gasteiger partial charge on any atom is -0.497 e. The summed E-state index contributed by atoms with van der Waals surface area (Å²) in [6.45, 7) is 1.95. The molecule has 0 radical (unpaired) electrons. The van der Waals surface area contributed by atoms with Gasteiger partial charge in [-0.05, 0) is 24.1 Å². The molecule has 1 aromatic carbocycles. The molecule has 0 bridgehead atoms. The second kappa shape index (κ2) is 7.41. The number of hydrogen-bond donors (Lipinski definition) is 2. The molecule has 0 spiro atoms. The Morgan fingerprint density at radius 3 is 2.74 bits per heavy atom. The van der Waals surface area contributed by atoms with Gasteiger partial charge in [0.05, 0.1) is 19.4 Å². The van der Waals surface area contributed by atoms with Crippen LogP contribution in [-0.2, 0) is 16.0 Å². The van der Waals surface area contributed by atoms with Crippen LogP contribution in [0.5, 0.6) is 5.75 Å². The van der Waals surface area contributed by atoms with Crippen molar-refractivity contribution in [3.8, 4) is 5.75 Å². The summed E-state index contributed by atoms with van der Waals surface area (Å²) in [4.78, 5) is 22.5. The van der Waals surface area contributed by atoms with Crippen LogP contribution in [0.15, 0.2) is 24.3 Å². The highest BCUT2D eigenvalue weighted by molar-refractivity contribution is 5.79. The highest BCUT2D eigenvalue weighted by atomic mass is 16.5. The second-order valence-corrected chi connectivity index (χ2v) is 4.28. The lowest BCUT2D eigenvalue weighted by atomic mass is 10.1. The van der Waals surface area contributed by atoms with E-state index in [1.165, 1.54) is 0 Å². The summed E-state index contributed by atoms with van der Waals surface area (Å²) in [6.07, 6.45) is 0.710. The first-order valence-electron chi connectivity index (χ1n) is 6.19. The third kappa shape index (κ3) is 4.99. The number of methoxy groups -OCH3 is 1. The van der Waals surface area contributed by atoms with Gasteiger partial charge in [0, 0.05) is 6.54 Å². The maximum absolute atomic E-state index is 11.7. The summed E-state index contributed by atoms with van der Waals surface area (Å²) in [7, 11) is 1.57. The molecule has 19 heavy (non-hydrogen) atoms. The number of amides is 1. The topological polar surface area (TPSA) is 75.6 Å². The number of benzene rings is 1. The van der Waals surface area contributed by atoms with Crippen molar-refractivity contribution in [3.63, 3.8) is 0 Å². The third-order valence-corrected chi connectivity index (χ3v) is 2.89. The molecule has 0 aromatic heterocycles. The number of carboxylic acid groups (broad SMARTS) is 1. The normalized spacial score (nSPS) is 11.7. The highest BCUT2D eigenvalue weighted by Gasteiger charge is 2.15. The first-order valence-corrected chi connectivity index (χ1v) is 6.19. The molecule has 0 aliphatic carbocycles. The zero-order valence-corrected chi connectivity index (χ0v) is 11.2. The molecule has 0 aliphatic heterocycles. The van der Waals surface area contributed by atoms with Crippen molar-refractivity contribution in [3.05, 3.63) is 29.8 Å². The van der Waals surface area contributed by atoms with Crippen LogP contribution in [0.25, 0.3) is 0 Å². The molecule has 1 aromatic rings. The van der Waals surface area contributed by atoms with Crippen LogP contribution in [0.2, 0.25) is 0 Å². The summed E-state index contributed by atoms with van der Waals surface area (Å²) in [5.41, 5.74) is 0.834. The first kappa shape index (κ1) is 15.0. The summed E-state index contributed by atoms with van der Waals surface area (Å²) < 4.78 is 5.07. The molecule has 0 heterocycles. The van der Waals surface area contributed by atoms with E-state index in [0.29, 0.717) is 12.2 Å². The molecular weight excluding hydrogens is 246 g/mol. The molecule has 2 N–H and O–H groups in total. The summed E-state index contributed by atoms with van der Waals surface area (Å²) in [6, 6.07) is 7.23. The molecule has 1 amide bonds. The molecule has 5 heteroatoms. The smallest absolute Gasteiger partial charge is 0.308 e. The molecule has 5 nitrogen and oxygen atoms in total. The Kier molecular flexibility index (Phi) is 5.85. The number of nitrogens with one attached hydrogen (secondary N) is 1. The van der Waals surface area contributed by atoms with E-state index in [1.54, 1.807) is 26.2 Å². The Balaban J connectivity index is 2.48. The Bertz CT molecular complexity index is 445. The SMILES string of the molecule is CCC(CNC(=O)Cc1cccc(OC)c1)C(=O)O. The van der Waals surface area contributed by atoms with Gasteiger partial charge >= 0.3 is 5.97 Å². The lowest BCUT2D eigenvalue weighted by molar-refractivity contribution is -0.141. The fraction of sp³-hybridized carbons (Fsp3) is 0.429. The van der Waals surface area contributed by atoms with Crippen molar-refractivity contribution in [1.29, 1.82) is 0 Å². The van der Waals surface area contributed by atoms with E-state index in [0.717, 1.165) is 5.56 Å². The van der Waals surface area contributed by atoms with Crippen molar-refractivity contribution < 1.29 is 19.4 Å². The van der Waals surface area contributed by atoms with Gasteiger partial charge < -0.3 is 15.2 Å². The average Bonchev–Trinajstić information content (AvgIpc) is 2.39. The van der Waals surface area contributed by atoms with Crippen molar-refractivity contribution in [2.75, 3.05) is 13.7 Å². The minimum atomic E-state index is -0.885. The number of carbonyl (C=O) groups is 2. The van der Waals surface area contributed by atoms with Crippen LogP contribution in [0.1, 0.15) is 18.9 Å².